The maximum Gasteiger partial charge on any atom is 0.257 e. The van der Waals surface area contributed by atoms with Gasteiger partial charge in [0, 0.05) is 10.9 Å². The molecule has 0 unspecified atom stereocenters. The van der Waals surface area contributed by atoms with Crippen molar-refractivity contribution in [1.29, 1.82) is 0 Å². The Kier molecular flexibility index (Phi) is 4.36. The predicted octanol–water partition coefficient (Wildman–Crippen LogP) is 1.18. The van der Waals surface area contributed by atoms with Gasteiger partial charge in [-0.15, -0.1) is 0 Å². The normalized spacial score (nSPS) is 10.6. The first kappa shape index (κ1) is 13.4. The quantitative estimate of drug-likeness (QED) is 0.604. The monoisotopic (exact) mass is 259 g/mol. The fourth-order valence-corrected chi connectivity index (χ4v) is 1.99. The molecule has 2 rings (SSSR count). The highest BCUT2D eigenvalue weighted by atomic mass is 16.5. The standard InChI is InChI=1S/C15H18N2O2/c1-3-7-16-10-12-8-11-9-13(19-4-2)5-6-14(11)17-15(12)18/h3,5-6,8-9,16H,1,4,7,10H2,2H3,(H,17,18)/p+1. The van der Waals surface area contributed by atoms with E-state index in [1.807, 2.05) is 42.6 Å². The SMILES string of the molecule is C=CC[NH2+]Cc1cc2cc(OCC)ccc2[nH]c1=O. The van der Waals surface area contributed by atoms with Gasteiger partial charge in [0.2, 0.25) is 0 Å². The predicted molar refractivity (Wildman–Crippen MR) is 76.4 cm³/mol. The first-order valence-electron chi connectivity index (χ1n) is 6.46. The van der Waals surface area contributed by atoms with Gasteiger partial charge in [-0.2, -0.15) is 0 Å². The van der Waals surface area contributed by atoms with Crippen LogP contribution in [0.2, 0.25) is 0 Å². The Bertz CT molecular complexity index is 632. The molecule has 0 atom stereocenters. The summed E-state index contributed by atoms with van der Waals surface area (Å²) in [5.41, 5.74) is 1.57. The molecule has 0 aliphatic carbocycles. The molecular weight excluding hydrogens is 240 g/mol. The van der Waals surface area contributed by atoms with E-state index in [0.717, 1.165) is 28.8 Å². The summed E-state index contributed by atoms with van der Waals surface area (Å²) in [6.45, 7) is 7.70. The van der Waals surface area contributed by atoms with Crippen molar-refractivity contribution in [2.24, 2.45) is 0 Å². The summed E-state index contributed by atoms with van der Waals surface area (Å²) in [6, 6.07) is 7.62. The molecule has 19 heavy (non-hydrogen) atoms. The summed E-state index contributed by atoms with van der Waals surface area (Å²) in [4.78, 5) is 14.8. The first-order chi connectivity index (χ1) is 9.24. The fourth-order valence-electron chi connectivity index (χ4n) is 1.99. The number of hydrogen-bond acceptors (Lipinski definition) is 2. The number of aromatic amines is 1. The fraction of sp³-hybridized carbons (Fsp3) is 0.267. The first-order valence-corrected chi connectivity index (χ1v) is 6.46. The number of rotatable bonds is 6. The van der Waals surface area contributed by atoms with Crippen molar-refractivity contribution in [3.8, 4) is 5.75 Å². The molecule has 0 saturated heterocycles. The van der Waals surface area contributed by atoms with Gasteiger partial charge in [0.1, 0.15) is 12.3 Å². The number of aromatic nitrogens is 1. The Labute approximate surface area is 112 Å². The largest absolute Gasteiger partial charge is 0.494 e. The summed E-state index contributed by atoms with van der Waals surface area (Å²) in [6.07, 6.45) is 1.82. The maximum absolute atomic E-state index is 11.9. The van der Waals surface area contributed by atoms with Gasteiger partial charge in [-0.25, -0.2) is 0 Å². The van der Waals surface area contributed by atoms with Crippen molar-refractivity contribution in [3.63, 3.8) is 0 Å². The zero-order valence-electron chi connectivity index (χ0n) is 11.1. The van der Waals surface area contributed by atoms with Crippen LogP contribution in [0.25, 0.3) is 10.9 Å². The molecule has 0 amide bonds. The molecule has 0 spiro atoms. The molecule has 2 aromatic rings. The minimum absolute atomic E-state index is 0.0306. The van der Waals surface area contributed by atoms with Crippen molar-refractivity contribution in [1.82, 2.24) is 4.98 Å². The number of ether oxygens (including phenoxy) is 1. The van der Waals surface area contributed by atoms with Crippen LogP contribution in [-0.4, -0.2) is 18.1 Å². The molecule has 0 saturated carbocycles. The molecule has 1 aromatic carbocycles. The van der Waals surface area contributed by atoms with E-state index < -0.39 is 0 Å². The van der Waals surface area contributed by atoms with Crippen molar-refractivity contribution in [2.45, 2.75) is 13.5 Å². The maximum atomic E-state index is 11.9. The van der Waals surface area contributed by atoms with Gasteiger partial charge in [0.15, 0.2) is 0 Å². The van der Waals surface area contributed by atoms with Gasteiger partial charge in [-0.05, 0) is 37.3 Å². The molecule has 0 aliphatic rings. The van der Waals surface area contributed by atoms with E-state index in [9.17, 15) is 4.79 Å². The van der Waals surface area contributed by atoms with Gasteiger partial charge < -0.3 is 15.0 Å². The van der Waals surface area contributed by atoms with Crippen LogP contribution >= 0.6 is 0 Å². The Balaban J connectivity index is 2.34. The number of fused-ring (bicyclic) bond motifs is 1. The van der Waals surface area contributed by atoms with E-state index >= 15 is 0 Å². The van der Waals surface area contributed by atoms with Crippen molar-refractivity contribution in [3.05, 3.63) is 52.8 Å². The number of H-pyrrole nitrogens is 1. The number of pyridine rings is 1. The molecule has 3 N–H and O–H groups in total. The lowest BCUT2D eigenvalue weighted by molar-refractivity contribution is -0.662. The van der Waals surface area contributed by atoms with Crippen LogP contribution < -0.4 is 15.6 Å². The molecule has 0 aliphatic heterocycles. The number of quaternary nitrogens is 1. The van der Waals surface area contributed by atoms with Crippen LogP contribution in [0.5, 0.6) is 5.75 Å². The van der Waals surface area contributed by atoms with Crippen molar-refractivity contribution < 1.29 is 10.1 Å². The third-order valence-corrected chi connectivity index (χ3v) is 2.90. The van der Waals surface area contributed by atoms with Crippen LogP contribution in [0.4, 0.5) is 0 Å². The van der Waals surface area contributed by atoms with Gasteiger partial charge >= 0.3 is 0 Å². The van der Waals surface area contributed by atoms with E-state index in [-0.39, 0.29) is 5.56 Å². The number of benzene rings is 1. The van der Waals surface area contributed by atoms with E-state index in [1.54, 1.807) is 0 Å². The van der Waals surface area contributed by atoms with Crippen molar-refractivity contribution >= 4 is 10.9 Å². The van der Waals surface area contributed by atoms with Gasteiger partial charge in [0.25, 0.3) is 5.56 Å². The third-order valence-electron chi connectivity index (χ3n) is 2.90. The summed E-state index contributed by atoms with van der Waals surface area (Å²) in [5.74, 6) is 0.822. The van der Waals surface area contributed by atoms with Crippen LogP contribution in [-0.2, 0) is 6.54 Å². The smallest absolute Gasteiger partial charge is 0.257 e. The molecule has 100 valence electrons. The molecule has 1 aromatic heterocycles. The summed E-state index contributed by atoms with van der Waals surface area (Å²) in [7, 11) is 0. The molecule has 0 radical (unpaired) electrons. The minimum Gasteiger partial charge on any atom is -0.494 e. The molecule has 1 heterocycles. The third kappa shape index (κ3) is 3.23. The highest BCUT2D eigenvalue weighted by Gasteiger charge is 2.05. The molecule has 0 bridgehead atoms. The average Bonchev–Trinajstić information content (AvgIpc) is 2.40. The lowest BCUT2D eigenvalue weighted by atomic mass is 10.1. The Morgan fingerprint density at radius 1 is 1.42 bits per heavy atom. The Morgan fingerprint density at radius 3 is 3.00 bits per heavy atom. The topological polar surface area (TPSA) is 58.7 Å². The molecule has 0 fully saturated rings. The van der Waals surface area contributed by atoms with E-state index in [1.165, 1.54) is 0 Å². The molecule has 4 nitrogen and oxygen atoms in total. The van der Waals surface area contributed by atoms with Crippen molar-refractivity contribution in [2.75, 3.05) is 13.2 Å². The second-order valence-electron chi connectivity index (χ2n) is 4.32. The average molecular weight is 259 g/mol. The van der Waals surface area contributed by atoms with Gasteiger partial charge in [-0.3, -0.25) is 4.79 Å². The zero-order chi connectivity index (χ0) is 13.7. The summed E-state index contributed by atoms with van der Waals surface area (Å²) >= 11 is 0. The highest BCUT2D eigenvalue weighted by molar-refractivity contribution is 5.80. The second kappa shape index (κ2) is 6.20. The molecular formula is C15H19N2O2+. The highest BCUT2D eigenvalue weighted by Crippen LogP contribution is 2.18. The second-order valence-corrected chi connectivity index (χ2v) is 4.32. The van der Waals surface area contributed by atoms with Crippen LogP contribution in [0.15, 0.2) is 41.7 Å². The van der Waals surface area contributed by atoms with Crippen LogP contribution in [0, 0.1) is 0 Å². The minimum atomic E-state index is -0.0306. The Hall–Kier alpha value is -2.07. The van der Waals surface area contributed by atoms with Gasteiger partial charge in [0.05, 0.1) is 18.7 Å². The summed E-state index contributed by atoms with van der Waals surface area (Å²) < 4.78 is 5.47. The lowest BCUT2D eigenvalue weighted by Gasteiger charge is -2.06. The van der Waals surface area contributed by atoms with Crippen LogP contribution in [0.3, 0.4) is 0 Å². The summed E-state index contributed by atoms with van der Waals surface area (Å²) in [5, 5.41) is 3.03. The number of nitrogens with two attached hydrogens (primary N) is 1. The Morgan fingerprint density at radius 2 is 2.26 bits per heavy atom. The van der Waals surface area contributed by atoms with E-state index in [4.69, 9.17) is 4.74 Å². The van der Waals surface area contributed by atoms with Gasteiger partial charge in [-0.1, -0.05) is 6.58 Å². The number of hydrogen-bond donors (Lipinski definition) is 2. The zero-order valence-corrected chi connectivity index (χ0v) is 11.1. The number of nitrogens with one attached hydrogen (secondary N) is 1. The lowest BCUT2D eigenvalue weighted by Crippen LogP contribution is -2.82. The van der Waals surface area contributed by atoms with E-state index in [0.29, 0.717) is 13.2 Å². The van der Waals surface area contributed by atoms with E-state index in [2.05, 4.69) is 11.6 Å². The van der Waals surface area contributed by atoms with Crippen LogP contribution in [0.1, 0.15) is 12.5 Å². The molecule has 4 heteroatoms.